The predicted molar refractivity (Wildman–Crippen MR) is 127 cm³/mol. The van der Waals surface area contributed by atoms with E-state index in [1.54, 1.807) is 6.08 Å². The molecule has 0 bridgehead atoms. The third-order valence-corrected chi connectivity index (χ3v) is 7.78. The highest BCUT2D eigenvalue weighted by atomic mass is 35.5. The molecular formula is C24H28ClFN4OS. The van der Waals surface area contributed by atoms with Crippen molar-refractivity contribution in [1.82, 2.24) is 15.1 Å². The minimum atomic E-state index is -0.430. The summed E-state index contributed by atoms with van der Waals surface area (Å²) < 4.78 is 13.5. The van der Waals surface area contributed by atoms with Crippen LogP contribution in [0.25, 0.3) is 5.57 Å². The summed E-state index contributed by atoms with van der Waals surface area (Å²) in [5.74, 6) is -0.430. The summed E-state index contributed by atoms with van der Waals surface area (Å²) in [6.45, 7) is 3.72. The Morgan fingerprint density at radius 3 is 2.78 bits per heavy atom. The zero-order valence-corrected chi connectivity index (χ0v) is 19.6. The van der Waals surface area contributed by atoms with Crippen LogP contribution in [0.5, 0.6) is 0 Å². The Morgan fingerprint density at radius 2 is 2.12 bits per heavy atom. The number of thiophene rings is 1. The Balaban J connectivity index is 1.43. The van der Waals surface area contributed by atoms with Gasteiger partial charge in [0.25, 0.3) is 0 Å². The van der Waals surface area contributed by atoms with Crippen molar-refractivity contribution in [3.8, 4) is 6.07 Å². The molecule has 0 spiro atoms. The molecule has 1 aliphatic heterocycles. The molecule has 4 rings (SSSR count). The van der Waals surface area contributed by atoms with Crippen LogP contribution in [-0.4, -0.2) is 54.1 Å². The highest BCUT2D eigenvalue weighted by Crippen LogP contribution is 2.33. The van der Waals surface area contributed by atoms with Crippen molar-refractivity contribution in [2.24, 2.45) is 0 Å². The number of nitrogens with zero attached hydrogens (tertiary/aromatic N) is 3. The number of carbonyl (C=O) groups excluding carboxylic acids is 1. The van der Waals surface area contributed by atoms with E-state index in [1.807, 2.05) is 17.0 Å². The first-order chi connectivity index (χ1) is 15.5. The van der Waals surface area contributed by atoms with E-state index in [2.05, 4.69) is 22.4 Å². The number of urea groups is 1. The van der Waals surface area contributed by atoms with E-state index in [0.29, 0.717) is 13.0 Å². The fourth-order valence-electron chi connectivity index (χ4n) is 4.60. The molecule has 0 aromatic carbocycles. The van der Waals surface area contributed by atoms with Crippen LogP contribution in [0.15, 0.2) is 41.2 Å². The van der Waals surface area contributed by atoms with Gasteiger partial charge in [0.15, 0.2) is 0 Å². The molecule has 5 nitrogen and oxygen atoms in total. The van der Waals surface area contributed by atoms with Crippen LogP contribution in [0, 0.1) is 11.3 Å². The average Bonchev–Trinajstić information content (AvgIpc) is 3.49. The molecule has 1 N–H and O–H groups in total. The molecule has 1 aromatic heterocycles. The number of halogens is 2. The lowest BCUT2D eigenvalue weighted by Crippen LogP contribution is -2.51. The van der Waals surface area contributed by atoms with E-state index < -0.39 is 5.83 Å². The van der Waals surface area contributed by atoms with Crippen molar-refractivity contribution in [3.63, 3.8) is 0 Å². The van der Waals surface area contributed by atoms with Crippen molar-refractivity contribution < 1.29 is 9.18 Å². The summed E-state index contributed by atoms with van der Waals surface area (Å²) in [6.07, 6.45) is 10.6. The number of rotatable bonds is 6. The smallest absolute Gasteiger partial charge is 0.318 e. The second-order valence-electron chi connectivity index (χ2n) is 8.53. The van der Waals surface area contributed by atoms with Gasteiger partial charge >= 0.3 is 6.03 Å². The van der Waals surface area contributed by atoms with Crippen LogP contribution >= 0.6 is 22.9 Å². The van der Waals surface area contributed by atoms with Crippen molar-refractivity contribution in [3.05, 3.63) is 51.0 Å². The normalized spacial score (nSPS) is 23.7. The maximum absolute atomic E-state index is 13.5. The molecule has 170 valence electrons. The Bertz CT molecular complexity index is 973. The first kappa shape index (κ1) is 23.0. The van der Waals surface area contributed by atoms with E-state index in [9.17, 15) is 9.18 Å². The van der Waals surface area contributed by atoms with Gasteiger partial charge in [-0.2, -0.15) is 5.26 Å². The Labute approximate surface area is 197 Å². The van der Waals surface area contributed by atoms with E-state index in [-0.39, 0.29) is 23.1 Å². The summed E-state index contributed by atoms with van der Waals surface area (Å²) in [4.78, 5) is 19.5. The van der Waals surface area contributed by atoms with Gasteiger partial charge in [-0.3, -0.25) is 0 Å². The van der Waals surface area contributed by atoms with Crippen LogP contribution in [0.3, 0.4) is 0 Å². The second kappa shape index (κ2) is 10.7. The van der Waals surface area contributed by atoms with Gasteiger partial charge in [-0.15, -0.1) is 11.3 Å². The molecule has 2 aliphatic carbocycles. The Morgan fingerprint density at radius 1 is 1.31 bits per heavy atom. The van der Waals surface area contributed by atoms with Gasteiger partial charge in [-0.25, -0.2) is 9.18 Å². The van der Waals surface area contributed by atoms with E-state index in [0.717, 1.165) is 48.7 Å². The Hall–Kier alpha value is -2.14. The van der Waals surface area contributed by atoms with Gasteiger partial charge in [0.1, 0.15) is 16.8 Å². The zero-order chi connectivity index (χ0) is 22.5. The average molecular weight is 475 g/mol. The third-order valence-electron chi connectivity index (χ3n) is 6.41. The molecule has 1 fully saturated rings. The molecular weight excluding hydrogens is 447 g/mol. The van der Waals surface area contributed by atoms with Crippen molar-refractivity contribution in [2.45, 2.75) is 50.6 Å². The van der Waals surface area contributed by atoms with Crippen LogP contribution in [0.4, 0.5) is 9.18 Å². The number of likely N-dealkylation sites (tertiary alicyclic amines) is 1. The minimum Gasteiger partial charge on any atom is -0.331 e. The van der Waals surface area contributed by atoms with Crippen LogP contribution in [-0.2, 0) is 0 Å². The number of hydrogen-bond acceptors (Lipinski definition) is 4. The number of carbonyl (C=O) groups is 1. The first-order valence-corrected chi connectivity index (χ1v) is 12.4. The van der Waals surface area contributed by atoms with Gasteiger partial charge in [0, 0.05) is 24.0 Å². The topological polar surface area (TPSA) is 59.4 Å². The summed E-state index contributed by atoms with van der Waals surface area (Å²) in [5.41, 5.74) is 1.26. The van der Waals surface area contributed by atoms with E-state index >= 15 is 0 Å². The molecule has 0 radical (unpaired) electrons. The molecule has 8 heteroatoms. The number of nitriles is 1. The highest BCUT2D eigenvalue weighted by Gasteiger charge is 2.28. The number of nitrogens with one attached hydrogen (secondary N) is 1. The van der Waals surface area contributed by atoms with E-state index in [4.69, 9.17) is 16.9 Å². The second-order valence-corrected chi connectivity index (χ2v) is 10.0. The number of hydrogen-bond donors (Lipinski definition) is 1. The fraction of sp³-hybridized carbons (Fsp3) is 0.500. The lowest BCUT2D eigenvalue weighted by molar-refractivity contribution is 0.157. The molecule has 0 saturated carbocycles. The fourth-order valence-corrected chi connectivity index (χ4v) is 5.70. The molecule has 2 heterocycles. The van der Waals surface area contributed by atoms with Gasteiger partial charge in [-0.1, -0.05) is 17.7 Å². The van der Waals surface area contributed by atoms with E-state index in [1.165, 1.54) is 35.8 Å². The highest BCUT2D eigenvalue weighted by molar-refractivity contribution is 7.13. The summed E-state index contributed by atoms with van der Waals surface area (Å²) in [6, 6.07) is 5.78. The van der Waals surface area contributed by atoms with Gasteiger partial charge < -0.3 is 15.1 Å². The molecule has 1 saturated heterocycles. The van der Waals surface area contributed by atoms with Gasteiger partial charge in [-0.05, 0) is 81.5 Å². The molecule has 2 atom stereocenters. The lowest BCUT2D eigenvalue weighted by atomic mass is 9.93. The lowest BCUT2D eigenvalue weighted by Gasteiger charge is -2.36. The SMILES string of the molecule is N#Cc1ccc(C2=CCC(N(CCN3CCCC3)C(=O)NC3C=C(Cl)C(F)=CC3)CC2)s1. The maximum atomic E-state index is 13.5. The number of allylic oxidation sites excluding steroid dienone is 3. The summed E-state index contributed by atoms with van der Waals surface area (Å²) in [7, 11) is 0. The van der Waals surface area contributed by atoms with Crippen LogP contribution in [0.1, 0.15) is 48.3 Å². The quantitative estimate of drug-likeness (QED) is 0.599. The summed E-state index contributed by atoms with van der Waals surface area (Å²) in [5, 5.41) is 12.2. The first-order valence-electron chi connectivity index (χ1n) is 11.3. The predicted octanol–water partition coefficient (Wildman–Crippen LogP) is 5.41. The standard InChI is InChI=1S/C24H28ClFN4OS/c25-21-15-18(5-9-22(21)26)28-24(31)30(14-13-29-11-1-2-12-29)19-6-3-17(4-7-19)23-10-8-20(16-27)32-23/h3,8-10,15,18-19H,1-2,4-7,11-14H2,(H,28,31). The van der Waals surface area contributed by atoms with Crippen LogP contribution < -0.4 is 5.32 Å². The molecule has 32 heavy (non-hydrogen) atoms. The number of amides is 2. The summed E-state index contributed by atoms with van der Waals surface area (Å²) >= 11 is 7.45. The van der Waals surface area contributed by atoms with Crippen molar-refractivity contribution >= 4 is 34.5 Å². The van der Waals surface area contributed by atoms with Gasteiger partial charge in [0.2, 0.25) is 0 Å². The monoisotopic (exact) mass is 474 g/mol. The molecule has 1 aromatic rings. The Kier molecular flexibility index (Phi) is 7.67. The van der Waals surface area contributed by atoms with Crippen molar-refractivity contribution in [1.29, 1.82) is 5.26 Å². The molecule has 2 unspecified atom stereocenters. The van der Waals surface area contributed by atoms with Crippen LogP contribution in [0.2, 0.25) is 0 Å². The molecule has 3 aliphatic rings. The molecule has 2 amide bonds. The van der Waals surface area contributed by atoms with Crippen molar-refractivity contribution in [2.75, 3.05) is 26.2 Å². The largest absolute Gasteiger partial charge is 0.331 e. The van der Waals surface area contributed by atoms with Gasteiger partial charge in [0.05, 0.1) is 11.1 Å². The maximum Gasteiger partial charge on any atom is 0.318 e. The zero-order valence-electron chi connectivity index (χ0n) is 18.0. The third kappa shape index (κ3) is 5.61. The minimum absolute atomic E-state index is 0.0584.